The first-order chi connectivity index (χ1) is 16.8. The van der Waals surface area contributed by atoms with E-state index in [1.807, 2.05) is 43.3 Å². The highest BCUT2D eigenvalue weighted by Gasteiger charge is 2.42. The van der Waals surface area contributed by atoms with E-state index in [1.165, 1.54) is 10.4 Å². The molecule has 5 rings (SSSR count). The number of hydrogen-bond donors (Lipinski definition) is 0. The second-order valence-corrected chi connectivity index (χ2v) is 11.6. The van der Waals surface area contributed by atoms with Gasteiger partial charge in [0.1, 0.15) is 11.1 Å². The summed E-state index contributed by atoms with van der Waals surface area (Å²) >= 11 is 0. The number of halogens is 1. The summed E-state index contributed by atoms with van der Waals surface area (Å²) in [5, 5.41) is 3.53. The Labute approximate surface area is 205 Å². The fourth-order valence-electron chi connectivity index (χ4n) is 5.35. The first-order valence-electron chi connectivity index (χ1n) is 12.0. The second-order valence-electron chi connectivity index (χ2n) is 9.55. The van der Waals surface area contributed by atoms with Crippen LogP contribution in [0.5, 0.6) is 0 Å². The van der Waals surface area contributed by atoms with Crippen molar-refractivity contribution in [1.82, 2.24) is 14.4 Å². The molecule has 2 aliphatic rings. The molecule has 0 N–H and O–H groups in total. The van der Waals surface area contributed by atoms with Gasteiger partial charge in [0.05, 0.1) is 5.41 Å². The van der Waals surface area contributed by atoms with E-state index in [-0.39, 0.29) is 12.6 Å². The maximum atomic E-state index is 15.5. The lowest BCUT2D eigenvalue weighted by molar-refractivity contribution is 0.0596. The van der Waals surface area contributed by atoms with Crippen molar-refractivity contribution in [1.29, 1.82) is 0 Å². The minimum Gasteiger partial charge on any atom is -0.381 e. The van der Waals surface area contributed by atoms with Crippen LogP contribution >= 0.6 is 0 Å². The van der Waals surface area contributed by atoms with E-state index in [0.29, 0.717) is 49.8 Å². The zero-order chi connectivity index (χ0) is 24.6. The highest BCUT2D eigenvalue weighted by atomic mass is 32.2. The van der Waals surface area contributed by atoms with Crippen molar-refractivity contribution in [3.05, 3.63) is 82.8 Å². The van der Waals surface area contributed by atoms with Crippen LogP contribution in [0.1, 0.15) is 66.3 Å². The Morgan fingerprint density at radius 3 is 2.51 bits per heavy atom. The summed E-state index contributed by atoms with van der Waals surface area (Å²) in [6.45, 7) is 4.65. The van der Waals surface area contributed by atoms with Gasteiger partial charge in [-0.3, -0.25) is 0 Å². The van der Waals surface area contributed by atoms with E-state index in [2.05, 4.69) is 10.1 Å². The van der Waals surface area contributed by atoms with E-state index < -0.39 is 26.5 Å². The number of nitrogens with zero attached hydrogens (tertiary/aromatic N) is 3. The summed E-state index contributed by atoms with van der Waals surface area (Å²) in [6, 6.07) is 14.1. The average Bonchev–Trinajstić information content (AvgIpc) is 3.30. The van der Waals surface area contributed by atoms with Crippen LogP contribution in [0, 0.1) is 12.7 Å². The number of benzene rings is 2. The summed E-state index contributed by atoms with van der Waals surface area (Å²) in [4.78, 5) is 4.45. The van der Waals surface area contributed by atoms with Crippen LogP contribution in [0.2, 0.25) is 0 Å². The lowest BCUT2D eigenvalue weighted by Gasteiger charge is -2.38. The molecule has 2 aliphatic heterocycles. The Morgan fingerprint density at radius 2 is 1.86 bits per heavy atom. The molecule has 2 saturated heterocycles. The van der Waals surface area contributed by atoms with Gasteiger partial charge in [0.25, 0.3) is 0 Å². The number of rotatable bonds is 5. The van der Waals surface area contributed by atoms with Gasteiger partial charge in [-0.1, -0.05) is 47.6 Å². The third-order valence-corrected chi connectivity index (χ3v) is 9.80. The molecule has 7 nitrogen and oxygen atoms in total. The molecule has 0 bridgehead atoms. The lowest BCUT2D eigenvalue weighted by atomic mass is 9.73. The molecule has 3 heterocycles. The SMILES string of the molecule is Cc1nc(C2(c3ccc(CN4[C@@H](C)CC[C@H](c5ccccc5)S4(=O)=O)c(F)c3)CCOCC2)no1. The third-order valence-electron chi connectivity index (χ3n) is 7.43. The van der Waals surface area contributed by atoms with Crippen LogP contribution < -0.4 is 0 Å². The standard InChI is InChI=1S/C26H30FN3O4S/c1-18-8-11-24(20-6-4-3-5-7-20)35(31,32)30(18)17-21-9-10-22(16-23(21)27)26(12-14-33-15-13-26)25-28-19(2)34-29-25/h3-7,9-10,16,18,24H,8,11-15,17H2,1-2H3/t18-,24+/m0/s1. The third kappa shape index (κ3) is 4.41. The number of aromatic nitrogens is 2. The second kappa shape index (κ2) is 9.44. The van der Waals surface area contributed by atoms with Crippen molar-refractivity contribution >= 4 is 10.0 Å². The van der Waals surface area contributed by atoms with Gasteiger partial charge in [-0.2, -0.15) is 9.29 Å². The van der Waals surface area contributed by atoms with Gasteiger partial charge in [-0.05, 0) is 49.8 Å². The van der Waals surface area contributed by atoms with E-state index in [9.17, 15) is 8.42 Å². The monoisotopic (exact) mass is 499 g/mol. The summed E-state index contributed by atoms with van der Waals surface area (Å²) in [5.41, 5.74) is 1.28. The summed E-state index contributed by atoms with van der Waals surface area (Å²) in [6.07, 6.45) is 2.50. The molecule has 2 aromatic carbocycles. The Hall–Kier alpha value is -2.62. The molecule has 1 aromatic heterocycles. The predicted octanol–water partition coefficient (Wildman–Crippen LogP) is 4.67. The molecule has 0 spiro atoms. The first kappa shape index (κ1) is 24.1. The maximum Gasteiger partial charge on any atom is 0.223 e. The summed E-state index contributed by atoms with van der Waals surface area (Å²) < 4.78 is 54.9. The number of aryl methyl sites for hydroxylation is 1. The first-order valence-corrected chi connectivity index (χ1v) is 13.5. The van der Waals surface area contributed by atoms with E-state index in [1.54, 1.807) is 13.0 Å². The normalized spacial score (nSPS) is 24.3. The molecule has 186 valence electrons. The van der Waals surface area contributed by atoms with E-state index in [0.717, 1.165) is 17.5 Å². The van der Waals surface area contributed by atoms with Gasteiger partial charge >= 0.3 is 0 Å². The molecular formula is C26H30FN3O4S. The molecule has 2 fully saturated rings. The maximum absolute atomic E-state index is 15.5. The van der Waals surface area contributed by atoms with Crippen molar-refractivity contribution in [3.8, 4) is 0 Å². The zero-order valence-electron chi connectivity index (χ0n) is 20.0. The molecule has 0 radical (unpaired) electrons. The predicted molar refractivity (Wildman–Crippen MR) is 129 cm³/mol. The van der Waals surface area contributed by atoms with Crippen molar-refractivity contribution in [2.75, 3.05) is 13.2 Å². The number of ether oxygens (including phenoxy) is 1. The largest absolute Gasteiger partial charge is 0.381 e. The molecule has 0 aliphatic carbocycles. The van der Waals surface area contributed by atoms with Crippen molar-refractivity contribution < 1.29 is 22.1 Å². The van der Waals surface area contributed by atoms with Crippen LogP contribution in [0.15, 0.2) is 53.1 Å². The molecule has 3 aromatic rings. The zero-order valence-corrected chi connectivity index (χ0v) is 20.8. The Morgan fingerprint density at radius 1 is 1.11 bits per heavy atom. The fraction of sp³-hybridized carbons (Fsp3) is 0.462. The molecule has 35 heavy (non-hydrogen) atoms. The minimum absolute atomic E-state index is 0.00359. The Kier molecular flexibility index (Phi) is 6.50. The van der Waals surface area contributed by atoms with E-state index in [4.69, 9.17) is 9.26 Å². The van der Waals surface area contributed by atoms with Crippen LogP contribution in [0.25, 0.3) is 0 Å². The minimum atomic E-state index is -3.65. The van der Waals surface area contributed by atoms with Crippen LogP contribution in [-0.4, -0.2) is 42.1 Å². The Balaban J connectivity index is 1.45. The quantitative estimate of drug-likeness (QED) is 0.507. The smallest absolute Gasteiger partial charge is 0.223 e. The van der Waals surface area contributed by atoms with Crippen molar-refractivity contribution in [2.45, 2.75) is 62.8 Å². The highest BCUT2D eigenvalue weighted by molar-refractivity contribution is 7.89. The van der Waals surface area contributed by atoms with Gasteiger partial charge in [0.15, 0.2) is 5.82 Å². The van der Waals surface area contributed by atoms with E-state index >= 15 is 4.39 Å². The number of hydrogen-bond acceptors (Lipinski definition) is 6. The molecule has 0 saturated carbocycles. The van der Waals surface area contributed by atoms with Gasteiger partial charge in [-0.25, -0.2) is 12.8 Å². The average molecular weight is 500 g/mol. The topological polar surface area (TPSA) is 85.5 Å². The highest BCUT2D eigenvalue weighted by Crippen LogP contribution is 2.41. The van der Waals surface area contributed by atoms with Gasteiger partial charge < -0.3 is 9.26 Å². The fourth-order valence-corrected chi connectivity index (χ4v) is 7.54. The van der Waals surface area contributed by atoms with Crippen molar-refractivity contribution in [2.24, 2.45) is 0 Å². The number of sulfonamides is 1. The van der Waals surface area contributed by atoms with Crippen LogP contribution in [0.4, 0.5) is 4.39 Å². The van der Waals surface area contributed by atoms with Crippen LogP contribution in [-0.2, 0) is 26.7 Å². The molecule has 0 unspecified atom stereocenters. The van der Waals surface area contributed by atoms with Crippen LogP contribution in [0.3, 0.4) is 0 Å². The lowest BCUT2D eigenvalue weighted by Crippen LogP contribution is -2.44. The molecule has 2 atom stereocenters. The van der Waals surface area contributed by atoms with Gasteiger partial charge in [0.2, 0.25) is 15.9 Å². The van der Waals surface area contributed by atoms with Gasteiger partial charge in [0, 0.05) is 38.3 Å². The Bertz CT molecular complexity index is 1290. The molecule has 0 amide bonds. The van der Waals surface area contributed by atoms with Gasteiger partial charge in [-0.15, -0.1) is 0 Å². The molecular weight excluding hydrogens is 469 g/mol. The van der Waals surface area contributed by atoms with Crippen molar-refractivity contribution in [3.63, 3.8) is 0 Å². The summed E-state index contributed by atoms with van der Waals surface area (Å²) in [5.74, 6) is 0.557. The summed E-state index contributed by atoms with van der Waals surface area (Å²) in [7, 11) is -3.65. The molecule has 9 heteroatoms.